The number of aliphatic hydroxyl groups is 1. The Morgan fingerprint density at radius 2 is 1.79 bits per heavy atom. The molecule has 0 bridgehead atoms. The molecule has 0 radical (unpaired) electrons. The van der Waals surface area contributed by atoms with Gasteiger partial charge in [-0.1, -0.05) is 0 Å². The van der Waals surface area contributed by atoms with Crippen LogP contribution in [0.25, 0.3) is 0 Å². The van der Waals surface area contributed by atoms with Crippen LogP contribution in [0.4, 0.5) is 19.0 Å². The van der Waals surface area contributed by atoms with E-state index in [0.717, 1.165) is 25.3 Å². The molecule has 5 nitrogen and oxygen atoms in total. The van der Waals surface area contributed by atoms with Gasteiger partial charge < -0.3 is 14.9 Å². The molecule has 1 aromatic heterocycles. The molecule has 3 fully saturated rings. The van der Waals surface area contributed by atoms with E-state index in [0.29, 0.717) is 45.2 Å². The summed E-state index contributed by atoms with van der Waals surface area (Å²) in [7, 11) is 0. The molecular weight excluding hydrogens is 383 g/mol. The molecule has 1 spiro atoms. The average Bonchev–Trinajstić information content (AvgIpc) is 2.71. The van der Waals surface area contributed by atoms with E-state index in [2.05, 4.69) is 4.98 Å². The predicted molar refractivity (Wildman–Crippen MR) is 102 cm³/mol. The highest BCUT2D eigenvalue weighted by Gasteiger charge is 2.49. The number of amides is 1. The van der Waals surface area contributed by atoms with Gasteiger partial charge in [-0.3, -0.25) is 4.79 Å². The molecule has 29 heavy (non-hydrogen) atoms. The van der Waals surface area contributed by atoms with Crippen LogP contribution in [0.2, 0.25) is 0 Å². The van der Waals surface area contributed by atoms with Gasteiger partial charge in [0.2, 0.25) is 5.91 Å². The van der Waals surface area contributed by atoms with E-state index >= 15 is 0 Å². The van der Waals surface area contributed by atoms with E-state index in [-0.39, 0.29) is 30.4 Å². The second-order valence-electron chi connectivity index (χ2n) is 8.74. The second-order valence-corrected chi connectivity index (χ2v) is 8.74. The number of nitrogens with zero attached hydrogens (tertiary/aromatic N) is 3. The number of alkyl halides is 3. The molecule has 1 amide bonds. The molecule has 2 saturated heterocycles. The topological polar surface area (TPSA) is 56.7 Å². The number of carbonyl (C=O) groups is 1. The minimum Gasteiger partial charge on any atom is -0.393 e. The van der Waals surface area contributed by atoms with Gasteiger partial charge in [-0.2, -0.15) is 13.2 Å². The second kappa shape index (κ2) is 7.78. The minimum absolute atomic E-state index is 0.0650. The summed E-state index contributed by atoms with van der Waals surface area (Å²) in [5.41, 5.74) is -1.37. The standard InChI is InChI=1S/C21H28F3N3O2/c22-21(23,24)17-4-1-11-25-18(17)26-12-2-9-20(14-26)10-3-13-27(19(20)29)15-5-7-16(28)8-6-15/h1,4,11,15-16,28H,2-3,5-10,12-14H2. The fraction of sp³-hybridized carbons (Fsp3) is 0.714. The maximum Gasteiger partial charge on any atom is 0.419 e. The maximum atomic E-state index is 13.5. The third-order valence-electron chi connectivity index (χ3n) is 6.84. The molecule has 0 aromatic carbocycles. The number of aliphatic hydroxyl groups excluding tert-OH is 1. The van der Waals surface area contributed by atoms with E-state index in [4.69, 9.17) is 0 Å². The van der Waals surface area contributed by atoms with E-state index in [1.54, 1.807) is 4.90 Å². The summed E-state index contributed by atoms with van der Waals surface area (Å²) in [5, 5.41) is 9.78. The molecule has 160 valence electrons. The van der Waals surface area contributed by atoms with Crippen LogP contribution in [0.1, 0.15) is 56.9 Å². The van der Waals surface area contributed by atoms with Gasteiger partial charge in [0.15, 0.2) is 0 Å². The zero-order valence-electron chi connectivity index (χ0n) is 16.5. The van der Waals surface area contributed by atoms with Crippen molar-refractivity contribution in [3.63, 3.8) is 0 Å². The summed E-state index contributed by atoms with van der Waals surface area (Å²) in [6, 6.07) is 2.50. The Kier molecular flexibility index (Phi) is 5.48. The van der Waals surface area contributed by atoms with E-state index in [9.17, 15) is 23.1 Å². The smallest absolute Gasteiger partial charge is 0.393 e. The van der Waals surface area contributed by atoms with Crippen LogP contribution >= 0.6 is 0 Å². The molecule has 2 aliphatic heterocycles. The van der Waals surface area contributed by atoms with Crippen molar-refractivity contribution in [1.82, 2.24) is 9.88 Å². The van der Waals surface area contributed by atoms with Gasteiger partial charge in [0.05, 0.1) is 17.1 Å². The van der Waals surface area contributed by atoms with Crippen molar-refractivity contribution in [2.45, 2.75) is 69.7 Å². The van der Waals surface area contributed by atoms with Crippen LogP contribution in [0, 0.1) is 5.41 Å². The van der Waals surface area contributed by atoms with Crippen molar-refractivity contribution in [1.29, 1.82) is 0 Å². The highest BCUT2D eigenvalue weighted by atomic mass is 19.4. The minimum atomic E-state index is -4.47. The van der Waals surface area contributed by atoms with Crippen molar-refractivity contribution in [2.24, 2.45) is 5.41 Å². The number of aromatic nitrogens is 1. The van der Waals surface area contributed by atoms with Crippen molar-refractivity contribution in [3.05, 3.63) is 23.9 Å². The lowest BCUT2D eigenvalue weighted by molar-refractivity contribution is -0.151. The quantitative estimate of drug-likeness (QED) is 0.808. The summed E-state index contributed by atoms with van der Waals surface area (Å²) >= 11 is 0. The zero-order valence-corrected chi connectivity index (χ0v) is 16.5. The van der Waals surface area contributed by atoms with E-state index in [1.165, 1.54) is 12.3 Å². The monoisotopic (exact) mass is 411 g/mol. The fourth-order valence-electron chi connectivity index (χ4n) is 5.38. The molecule has 1 unspecified atom stereocenters. The zero-order chi connectivity index (χ0) is 20.6. The molecule has 1 saturated carbocycles. The first-order chi connectivity index (χ1) is 13.8. The summed E-state index contributed by atoms with van der Waals surface area (Å²) in [6.07, 6.45) is 2.60. The van der Waals surface area contributed by atoms with E-state index in [1.807, 2.05) is 4.90 Å². The van der Waals surface area contributed by atoms with Crippen molar-refractivity contribution in [3.8, 4) is 0 Å². The maximum absolute atomic E-state index is 13.5. The van der Waals surface area contributed by atoms with Gasteiger partial charge in [-0.25, -0.2) is 4.98 Å². The Bertz CT molecular complexity index is 745. The van der Waals surface area contributed by atoms with Gasteiger partial charge in [-0.15, -0.1) is 0 Å². The van der Waals surface area contributed by atoms with Gasteiger partial charge in [0.25, 0.3) is 0 Å². The van der Waals surface area contributed by atoms with Crippen molar-refractivity contribution in [2.75, 3.05) is 24.5 Å². The summed E-state index contributed by atoms with van der Waals surface area (Å²) < 4.78 is 40.5. The number of pyridine rings is 1. The van der Waals surface area contributed by atoms with Crippen molar-refractivity contribution < 1.29 is 23.1 Å². The lowest BCUT2D eigenvalue weighted by atomic mass is 9.72. The Hall–Kier alpha value is -1.83. The molecule has 1 atom stereocenters. The number of carbonyl (C=O) groups excluding carboxylic acids is 1. The van der Waals surface area contributed by atoms with Gasteiger partial charge >= 0.3 is 6.18 Å². The molecule has 4 rings (SSSR count). The van der Waals surface area contributed by atoms with Crippen LogP contribution < -0.4 is 4.90 Å². The normalized spacial score (nSPS) is 31.4. The van der Waals surface area contributed by atoms with Crippen LogP contribution in [-0.2, 0) is 11.0 Å². The molecule has 3 heterocycles. The SMILES string of the molecule is O=C1N(C2CCC(O)CC2)CCCC12CCCN(c1ncccc1C(F)(F)F)C2. The number of likely N-dealkylation sites (tertiary alicyclic amines) is 1. The molecular formula is C21H28F3N3O2. The van der Waals surface area contributed by atoms with Crippen LogP contribution in [0.5, 0.6) is 0 Å². The predicted octanol–water partition coefficient (Wildman–Crippen LogP) is 3.61. The summed E-state index contributed by atoms with van der Waals surface area (Å²) in [6.45, 7) is 1.47. The highest BCUT2D eigenvalue weighted by Crippen LogP contribution is 2.44. The molecule has 8 heteroatoms. The highest BCUT2D eigenvalue weighted by molar-refractivity contribution is 5.85. The lowest BCUT2D eigenvalue weighted by Gasteiger charge is -2.50. The third kappa shape index (κ3) is 3.96. The van der Waals surface area contributed by atoms with Gasteiger partial charge in [0, 0.05) is 31.9 Å². The number of rotatable bonds is 2. The van der Waals surface area contributed by atoms with Crippen molar-refractivity contribution >= 4 is 11.7 Å². The Labute approximate surface area is 168 Å². The molecule has 1 N–H and O–H groups in total. The summed E-state index contributed by atoms with van der Waals surface area (Å²) in [5.74, 6) is 0.0177. The Balaban J connectivity index is 1.56. The van der Waals surface area contributed by atoms with Crippen LogP contribution in [-0.4, -0.2) is 52.7 Å². The number of hydrogen-bond acceptors (Lipinski definition) is 4. The summed E-state index contributed by atoms with van der Waals surface area (Å²) in [4.78, 5) is 21.2. The number of anilines is 1. The van der Waals surface area contributed by atoms with E-state index < -0.39 is 17.2 Å². The average molecular weight is 411 g/mol. The molecule has 1 aliphatic carbocycles. The molecule has 3 aliphatic rings. The Morgan fingerprint density at radius 3 is 2.48 bits per heavy atom. The number of halogens is 3. The molecule has 1 aromatic rings. The van der Waals surface area contributed by atoms with Gasteiger partial charge in [-0.05, 0) is 63.5 Å². The third-order valence-corrected chi connectivity index (χ3v) is 6.84. The first-order valence-electron chi connectivity index (χ1n) is 10.6. The first-order valence-corrected chi connectivity index (χ1v) is 10.6. The largest absolute Gasteiger partial charge is 0.419 e. The van der Waals surface area contributed by atoms with Crippen LogP contribution in [0.3, 0.4) is 0 Å². The first kappa shape index (κ1) is 20.4. The number of hydrogen-bond donors (Lipinski definition) is 1. The number of piperidine rings is 2. The van der Waals surface area contributed by atoms with Crippen LogP contribution in [0.15, 0.2) is 18.3 Å². The van der Waals surface area contributed by atoms with Gasteiger partial charge in [0.1, 0.15) is 5.82 Å². The Morgan fingerprint density at radius 1 is 1.10 bits per heavy atom. The fourth-order valence-corrected chi connectivity index (χ4v) is 5.38. The lowest BCUT2D eigenvalue weighted by Crippen LogP contribution is -2.59.